The summed E-state index contributed by atoms with van der Waals surface area (Å²) in [6.45, 7) is 1.56. The SMILES string of the molecule is O=C(c1ccc2c(c1)c(Br)cn2S(=O)(=O)c1ccccc1)N1CCCCCC1. The van der Waals surface area contributed by atoms with Crippen molar-refractivity contribution in [3.63, 3.8) is 0 Å². The Morgan fingerprint density at radius 2 is 1.61 bits per heavy atom. The maximum atomic E-state index is 13.0. The molecule has 2 aromatic carbocycles. The molecule has 1 aliphatic rings. The molecule has 4 rings (SSSR count). The van der Waals surface area contributed by atoms with Crippen LogP contribution < -0.4 is 0 Å². The van der Waals surface area contributed by atoms with Gasteiger partial charge in [0.2, 0.25) is 0 Å². The number of likely N-dealkylation sites (tertiary alicyclic amines) is 1. The number of nitrogens with zero attached hydrogens (tertiary/aromatic N) is 2. The third-order valence-electron chi connectivity index (χ3n) is 5.16. The summed E-state index contributed by atoms with van der Waals surface area (Å²) in [5.74, 6) is 0.00867. The zero-order valence-corrected chi connectivity index (χ0v) is 17.7. The van der Waals surface area contributed by atoms with Gasteiger partial charge in [-0.15, -0.1) is 0 Å². The summed E-state index contributed by atoms with van der Waals surface area (Å²) in [6, 6.07) is 13.5. The van der Waals surface area contributed by atoms with Crippen molar-refractivity contribution in [3.05, 3.63) is 64.8 Å². The Balaban J connectivity index is 1.74. The van der Waals surface area contributed by atoms with Gasteiger partial charge in [-0.25, -0.2) is 12.4 Å². The lowest BCUT2D eigenvalue weighted by atomic mass is 10.1. The number of carbonyl (C=O) groups excluding carboxylic acids is 1. The van der Waals surface area contributed by atoms with Gasteiger partial charge < -0.3 is 4.90 Å². The van der Waals surface area contributed by atoms with Crippen LogP contribution in [0.25, 0.3) is 10.9 Å². The molecule has 0 aliphatic carbocycles. The lowest BCUT2D eigenvalue weighted by Gasteiger charge is -2.20. The van der Waals surface area contributed by atoms with Crippen molar-refractivity contribution in [1.29, 1.82) is 0 Å². The molecule has 1 fully saturated rings. The fourth-order valence-electron chi connectivity index (χ4n) is 3.66. The smallest absolute Gasteiger partial charge is 0.268 e. The van der Waals surface area contributed by atoms with Gasteiger partial charge in [0.15, 0.2) is 0 Å². The van der Waals surface area contributed by atoms with E-state index in [9.17, 15) is 13.2 Å². The van der Waals surface area contributed by atoms with Gasteiger partial charge >= 0.3 is 0 Å². The predicted octanol–water partition coefficient (Wildman–Crippen LogP) is 4.66. The minimum atomic E-state index is -3.71. The first-order valence-corrected chi connectivity index (χ1v) is 11.6. The molecular weight excluding hydrogens is 440 g/mol. The molecule has 28 heavy (non-hydrogen) atoms. The van der Waals surface area contributed by atoms with Crippen LogP contribution in [0.1, 0.15) is 36.0 Å². The first-order valence-electron chi connectivity index (χ1n) is 9.39. The first-order chi connectivity index (χ1) is 13.5. The highest BCUT2D eigenvalue weighted by atomic mass is 79.9. The van der Waals surface area contributed by atoms with Crippen LogP contribution in [-0.4, -0.2) is 36.3 Å². The van der Waals surface area contributed by atoms with Gasteiger partial charge in [0.1, 0.15) is 0 Å². The second kappa shape index (κ2) is 7.72. The topological polar surface area (TPSA) is 59.4 Å². The number of aromatic nitrogens is 1. The highest BCUT2D eigenvalue weighted by Gasteiger charge is 2.23. The van der Waals surface area contributed by atoms with E-state index in [4.69, 9.17) is 0 Å². The van der Waals surface area contributed by atoms with Crippen LogP contribution in [0.15, 0.2) is 64.1 Å². The zero-order chi connectivity index (χ0) is 19.7. The number of hydrogen-bond acceptors (Lipinski definition) is 3. The largest absolute Gasteiger partial charge is 0.339 e. The molecule has 1 amide bonds. The molecule has 146 valence electrons. The number of benzene rings is 2. The molecule has 7 heteroatoms. The summed E-state index contributed by atoms with van der Waals surface area (Å²) in [7, 11) is -3.71. The molecule has 0 N–H and O–H groups in total. The van der Waals surface area contributed by atoms with E-state index in [0.29, 0.717) is 20.9 Å². The van der Waals surface area contributed by atoms with Crippen LogP contribution in [-0.2, 0) is 10.0 Å². The van der Waals surface area contributed by atoms with E-state index in [1.165, 1.54) is 3.97 Å². The molecule has 1 aromatic heterocycles. The fourth-order valence-corrected chi connectivity index (χ4v) is 5.70. The van der Waals surface area contributed by atoms with E-state index < -0.39 is 10.0 Å². The molecule has 0 atom stereocenters. The van der Waals surface area contributed by atoms with Gasteiger partial charge in [0.25, 0.3) is 15.9 Å². The molecule has 1 aliphatic heterocycles. The van der Waals surface area contributed by atoms with Crippen molar-refractivity contribution in [2.24, 2.45) is 0 Å². The minimum absolute atomic E-state index is 0.00867. The highest BCUT2D eigenvalue weighted by molar-refractivity contribution is 9.10. The fraction of sp³-hybridized carbons (Fsp3) is 0.286. The van der Waals surface area contributed by atoms with Crippen molar-refractivity contribution >= 4 is 42.8 Å². The predicted molar refractivity (Wildman–Crippen MR) is 113 cm³/mol. The van der Waals surface area contributed by atoms with E-state index in [1.54, 1.807) is 54.7 Å². The molecule has 5 nitrogen and oxygen atoms in total. The molecular formula is C21H21BrN2O3S. The van der Waals surface area contributed by atoms with E-state index in [-0.39, 0.29) is 10.8 Å². The molecule has 0 saturated carbocycles. The van der Waals surface area contributed by atoms with Gasteiger partial charge in [-0.05, 0) is 59.1 Å². The maximum absolute atomic E-state index is 13.0. The Hall–Kier alpha value is -2.12. The molecule has 0 spiro atoms. The van der Waals surface area contributed by atoms with Crippen LogP contribution in [0.5, 0.6) is 0 Å². The van der Waals surface area contributed by atoms with Crippen molar-refractivity contribution in [2.75, 3.05) is 13.1 Å². The van der Waals surface area contributed by atoms with Crippen molar-refractivity contribution in [2.45, 2.75) is 30.6 Å². The molecule has 1 saturated heterocycles. The van der Waals surface area contributed by atoms with Gasteiger partial charge in [-0.2, -0.15) is 0 Å². The summed E-state index contributed by atoms with van der Waals surface area (Å²) in [6.07, 6.45) is 5.93. The van der Waals surface area contributed by atoms with E-state index in [0.717, 1.165) is 38.8 Å². The summed E-state index contributed by atoms with van der Waals surface area (Å²) >= 11 is 3.46. The van der Waals surface area contributed by atoms with Crippen LogP contribution in [0, 0.1) is 0 Å². The van der Waals surface area contributed by atoms with Crippen molar-refractivity contribution in [1.82, 2.24) is 8.87 Å². The van der Waals surface area contributed by atoms with Crippen LogP contribution in [0.3, 0.4) is 0 Å². The average molecular weight is 461 g/mol. The molecule has 0 unspecified atom stereocenters. The summed E-state index contributed by atoms with van der Waals surface area (Å²) in [4.78, 5) is 15.0. The standard InChI is InChI=1S/C21H21BrN2O3S/c22-19-15-24(28(26,27)17-8-4-3-5-9-17)20-11-10-16(14-18(19)20)21(25)23-12-6-1-2-7-13-23/h3-5,8-11,14-15H,1-2,6-7,12-13H2. The third-order valence-corrected chi connectivity index (χ3v) is 7.48. The van der Waals surface area contributed by atoms with Gasteiger partial charge in [-0.3, -0.25) is 4.79 Å². The normalized spacial score (nSPS) is 15.5. The van der Waals surface area contributed by atoms with Crippen LogP contribution in [0.2, 0.25) is 0 Å². The molecule has 0 bridgehead atoms. The van der Waals surface area contributed by atoms with Crippen LogP contribution in [0.4, 0.5) is 0 Å². The Labute approximate surface area is 173 Å². The first kappa shape index (κ1) is 19.2. The minimum Gasteiger partial charge on any atom is -0.339 e. The quantitative estimate of drug-likeness (QED) is 0.570. The van der Waals surface area contributed by atoms with E-state index >= 15 is 0 Å². The number of halogens is 1. The Morgan fingerprint density at radius 1 is 0.929 bits per heavy atom. The van der Waals surface area contributed by atoms with Crippen molar-refractivity contribution in [3.8, 4) is 0 Å². The number of carbonyl (C=O) groups is 1. The van der Waals surface area contributed by atoms with Gasteiger partial charge in [0, 0.05) is 34.7 Å². The molecule has 3 aromatic rings. The second-order valence-electron chi connectivity index (χ2n) is 7.03. The third kappa shape index (κ3) is 3.49. The lowest BCUT2D eigenvalue weighted by molar-refractivity contribution is 0.0762. The molecule has 2 heterocycles. The van der Waals surface area contributed by atoms with E-state index in [2.05, 4.69) is 15.9 Å². The summed E-state index contributed by atoms with van der Waals surface area (Å²) < 4.78 is 28.0. The maximum Gasteiger partial charge on any atom is 0.268 e. The Bertz CT molecular complexity index is 1120. The van der Waals surface area contributed by atoms with E-state index in [1.807, 2.05) is 4.90 Å². The summed E-state index contributed by atoms with van der Waals surface area (Å²) in [5, 5.41) is 0.708. The Kier molecular flexibility index (Phi) is 5.29. The number of hydrogen-bond donors (Lipinski definition) is 0. The zero-order valence-electron chi connectivity index (χ0n) is 15.3. The highest BCUT2D eigenvalue weighted by Crippen LogP contribution is 2.31. The van der Waals surface area contributed by atoms with Crippen LogP contribution >= 0.6 is 15.9 Å². The van der Waals surface area contributed by atoms with Gasteiger partial charge in [0.05, 0.1) is 10.4 Å². The van der Waals surface area contributed by atoms with Crippen molar-refractivity contribution < 1.29 is 13.2 Å². The number of rotatable bonds is 3. The number of fused-ring (bicyclic) bond motifs is 1. The summed E-state index contributed by atoms with van der Waals surface area (Å²) in [5.41, 5.74) is 1.13. The Morgan fingerprint density at radius 3 is 2.29 bits per heavy atom. The monoisotopic (exact) mass is 460 g/mol. The van der Waals surface area contributed by atoms with Gasteiger partial charge in [-0.1, -0.05) is 31.0 Å². The number of amides is 1. The molecule has 0 radical (unpaired) electrons. The second-order valence-corrected chi connectivity index (χ2v) is 9.70. The lowest BCUT2D eigenvalue weighted by Crippen LogP contribution is -2.31. The average Bonchev–Trinajstić information content (AvgIpc) is 2.88.